The van der Waals surface area contributed by atoms with Crippen molar-refractivity contribution in [2.45, 2.75) is 19.4 Å². The van der Waals surface area contributed by atoms with Crippen molar-refractivity contribution in [2.75, 3.05) is 20.8 Å². The normalized spacial score (nSPS) is 10.3. The highest BCUT2D eigenvalue weighted by molar-refractivity contribution is 6.46. The van der Waals surface area contributed by atoms with Crippen LogP contribution in [0.5, 0.6) is 0 Å². The molecule has 0 aliphatic heterocycles. The summed E-state index contributed by atoms with van der Waals surface area (Å²) >= 11 is 0. The van der Waals surface area contributed by atoms with E-state index in [-0.39, 0.29) is 5.97 Å². The summed E-state index contributed by atoms with van der Waals surface area (Å²) in [5.41, 5.74) is 0.413. The van der Waals surface area contributed by atoms with Crippen LogP contribution >= 0.6 is 0 Å². The molecular weight excluding hydrogens is 200 g/mol. The molecule has 0 atom stereocenters. The van der Waals surface area contributed by atoms with E-state index < -0.39 is 9.28 Å². The number of ether oxygens (including phenoxy) is 1. The molecule has 1 radical (unpaired) electrons. The van der Waals surface area contributed by atoms with E-state index in [9.17, 15) is 4.79 Å². The molecule has 0 heterocycles. The second-order valence-electron chi connectivity index (χ2n) is 2.70. The van der Waals surface area contributed by atoms with Gasteiger partial charge < -0.3 is 13.6 Å². The Bertz CT molecular complexity index is 189. The molecule has 0 saturated carbocycles. The van der Waals surface area contributed by atoms with Crippen molar-refractivity contribution in [3.05, 3.63) is 12.2 Å². The van der Waals surface area contributed by atoms with Gasteiger partial charge in [0.25, 0.3) is 0 Å². The zero-order chi connectivity index (χ0) is 11.0. The molecule has 0 N–H and O–H groups in total. The first-order valence-corrected chi connectivity index (χ1v) is 5.96. The van der Waals surface area contributed by atoms with Crippen LogP contribution in [0.2, 0.25) is 6.04 Å². The molecule has 0 aromatic rings. The highest BCUT2D eigenvalue weighted by atomic mass is 28.3. The number of hydrogen-bond acceptors (Lipinski definition) is 4. The van der Waals surface area contributed by atoms with Gasteiger partial charge in [0, 0.05) is 25.8 Å². The van der Waals surface area contributed by atoms with E-state index in [0.717, 1.165) is 6.42 Å². The smallest absolute Gasteiger partial charge is 0.389 e. The maximum atomic E-state index is 11.3. The van der Waals surface area contributed by atoms with Gasteiger partial charge in [-0.3, -0.25) is 0 Å². The fraction of sp³-hybridized carbons (Fsp3) is 0.667. The third kappa shape index (κ3) is 5.16. The molecule has 5 heteroatoms. The Morgan fingerprint density at radius 3 is 2.36 bits per heavy atom. The van der Waals surface area contributed by atoms with E-state index in [2.05, 4.69) is 6.58 Å². The van der Waals surface area contributed by atoms with Crippen molar-refractivity contribution < 1.29 is 18.4 Å². The van der Waals surface area contributed by atoms with Gasteiger partial charge in [0.2, 0.25) is 0 Å². The molecule has 0 bridgehead atoms. The van der Waals surface area contributed by atoms with Gasteiger partial charge in [-0.2, -0.15) is 0 Å². The summed E-state index contributed by atoms with van der Waals surface area (Å²) in [6, 6.07) is 0.431. The van der Waals surface area contributed by atoms with Crippen molar-refractivity contribution in [2.24, 2.45) is 0 Å². The van der Waals surface area contributed by atoms with Gasteiger partial charge in [-0.05, 0) is 6.42 Å². The summed E-state index contributed by atoms with van der Waals surface area (Å²) in [7, 11) is 1.72. The quantitative estimate of drug-likeness (QED) is 0.366. The van der Waals surface area contributed by atoms with Gasteiger partial charge in [0.15, 0.2) is 0 Å². The standard InChI is InChI=1S/C9H17O4Si/c1-5-6-13-9(10)8(2)7-14(11-3)12-4/h2,5-7H2,1,3-4H3. The summed E-state index contributed by atoms with van der Waals surface area (Å²) in [6.45, 7) is 6.00. The Balaban J connectivity index is 3.87. The maximum Gasteiger partial charge on any atom is 0.389 e. The summed E-state index contributed by atoms with van der Waals surface area (Å²) in [5.74, 6) is -0.358. The molecule has 81 valence electrons. The van der Waals surface area contributed by atoms with Crippen molar-refractivity contribution in [3.63, 3.8) is 0 Å². The first kappa shape index (κ1) is 13.3. The van der Waals surface area contributed by atoms with Crippen LogP contribution in [0.4, 0.5) is 0 Å². The molecule has 0 aromatic carbocycles. The first-order valence-electron chi connectivity index (χ1n) is 4.44. The van der Waals surface area contributed by atoms with Crippen LogP contribution in [0.15, 0.2) is 12.2 Å². The predicted octanol–water partition coefficient (Wildman–Crippen LogP) is 1.28. The molecule has 14 heavy (non-hydrogen) atoms. The average molecular weight is 217 g/mol. The monoisotopic (exact) mass is 217 g/mol. The number of carbonyl (C=O) groups excluding carboxylic acids is 1. The average Bonchev–Trinajstić information content (AvgIpc) is 2.21. The highest BCUT2D eigenvalue weighted by Crippen LogP contribution is 2.07. The highest BCUT2D eigenvalue weighted by Gasteiger charge is 2.18. The molecule has 0 rings (SSSR count). The minimum Gasteiger partial charge on any atom is -0.462 e. The van der Waals surface area contributed by atoms with E-state index in [1.165, 1.54) is 0 Å². The van der Waals surface area contributed by atoms with Crippen LogP contribution in [0, 0.1) is 0 Å². The zero-order valence-corrected chi connectivity index (χ0v) is 9.96. The molecule has 0 aliphatic carbocycles. The van der Waals surface area contributed by atoms with Gasteiger partial charge in [0.1, 0.15) is 0 Å². The number of hydrogen-bond donors (Lipinski definition) is 0. The number of esters is 1. The van der Waals surface area contributed by atoms with Gasteiger partial charge in [-0.25, -0.2) is 4.79 Å². The van der Waals surface area contributed by atoms with Crippen molar-refractivity contribution in [3.8, 4) is 0 Å². The Morgan fingerprint density at radius 1 is 1.36 bits per heavy atom. The predicted molar refractivity (Wildman–Crippen MR) is 55.0 cm³/mol. The fourth-order valence-electron chi connectivity index (χ4n) is 0.771. The third-order valence-electron chi connectivity index (χ3n) is 1.54. The molecule has 0 saturated heterocycles. The Kier molecular flexibility index (Phi) is 7.36. The van der Waals surface area contributed by atoms with Gasteiger partial charge in [-0.15, -0.1) is 0 Å². The van der Waals surface area contributed by atoms with E-state index in [4.69, 9.17) is 13.6 Å². The molecule has 0 unspecified atom stereocenters. The van der Waals surface area contributed by atoms with Crippen molar-refractivity contribution in [1.82, 2.24) is 0 Å². The van der Waals surface area contributed by atoms with E-state index in [1.54, 1.807) is 14.2 Å². The molecular formula is C9H17O4Si. The lowest BCUT2D eigenvalue weighted by Gasteiger charge is -2.10. The molecule has 0 aromatic heterocycles. The molecule has 4 nitrogen and oxygen atoms in total. The Hall–Kier alpha value is -0.653. The van der Waals surface area contributed by atoms with E-state index in [1.807, 2.05) is 6.92 Å². The second kappa shape index (κ2) is 7.72. The van der Waals surface area contributed by atoms with Crippen molar-refractivity contribution in [1.29, 1.82) is 0 Å². The summed E-state index contributed by atoms with van der Waals surface area (Å²) in [5, 5.41) is 0. The Labute approximate surface area is 86.7 Å². The van der Waals surface area contributed by atoms with Crippen molar-refractivity contribution >= 4 is 15.3 Å². The van der Waals surface area contributed by atoms with Crippen LogP contribution in [0.3, 0.4) is 0 Å². The lowest BCUT2D eigenvalue weighted by atomic mass is 10.3. The lowest BCUT2D eigenvalue weighted by Crippen LogP contribution is -2.22. The summed E-state index contributed by atoms with van der Waals surface area (Å²) in [4.78, 5) is 11.3. The van der Waals surface area contributed by atoms with Crippen LogP contribution in [-0.4, -0.2) is 36.1 Å². The lowest BCUT2D eigenvalue weighted by molar-refractivity contribution is -0.138. The largest absolute Gasteiger partial charge is 0.462 e. The Morgan fingerprint density at radius 2 is 1.93 bits per heavy atom. The summed E-state index contributed by atoms with van der Waals surface area (Å²) < 4.78 is 15.0. The van der Waals surface area contributed by atoms with Gasteiger partial charge in [0.05, 0.1) is 6.61 Å². The van der Waals surface area contributed by atoms with Gasteiger partial charge in [-0.1, -0.05) is 13.5 Å². The molecule has 0 amide bonds. The van der Waals surface area contributed by atoms with E-state index in [0.29, 0.717) is 18.2 Å². The SMILES string of the molecule is C=C(C[Si](OC)OC)C(=O)OCCC. The third-order valence-corrected chi connectivity index (χ3v) is 3.17. The van der Waals surface area contributed by atoms with Gasteiger partial charge >= 0.3 is 15.3 Å². The van der Waals surface area contributed by atoms with Crippen LogP contribution in [0.1, 0.15) is 13.3 Å². The minimum atomic E-state index is -1.39. The fourth-order valence-corrected chi connectivity index (χ4v) is 1.72. The van der Waals surface area contributed by atoms with Crippen LogP contribution < -0.4 is 0 Å². The molecule has 0 fully saturated rings. The maximum absolute atomic E-state index is 11.3. The van der Waals surface area contributed by atoms with Crippen LogP contribution in [-0.2, 0) is 18.4 Å². The topological polar surface area (TPSA) is 44.8 Å². The zero-order valence-electron chi connectivity index (χ0n) is 8.96. The van der Waals surface area contributed by atoms with E-state index >= 15 is 0 Å². The summed E-state index contributed by atoms with van der Waals surface area (Å²) in [6.07, 6.45) is 0.811. The number of carbonyl (C=O) groups is 1. The second-order valence-corrected chi connectivity index (χ2v) is 4.61. The molecule has 0 spiro atoms. The number of rotatable bonds is 7. The van der Waals surface area contributed by atoms with Crippen LogP contribution in [0.25, 0.3) is 0 Å². The minimum absolute atomic E-state index is 0.358. The first-order chi connectivity index (χ1) is 6.65. The molecule has 0 aliphatic rings.